The van der Waals surface area contributed by atoms with Crippen LogP contribution >= 0.6 is 0 Å². The van der Waals surface area contributed by atoms with Crippen LogP contribution < -0.4 is 0 Å². The van der Waals surface area contributed by atoms with Crippen molar-refractivity contribution >= 4 is 4.57 Å². The van der Waals surface area contributed by atoms with E-state index in [1.165, 1.54) is 6.08 Å². The summed E-state index contributed by atoms with van der Waals surface area (Å²) in [5.74, 6) is 0. The van der Waals surface area contributed by atoms with E-state index in [2.05, 4.69) is 0 Å². The first kappa shape index (κ1) is 9.30. The van der Waals surface area contributed by atoms with Crippen molar-refractivity contribution in [3.05, 3.63) is 12.7 Å². The molecular weight excluding hydrogens is 416 g/mol. The zero-order valence-corrected chi connectivity index (χ0v) is 7.52. The molecule has 0 aliphatic rings. The van der Waals surface area contributed by atoms with E-state index in [9.17, 15) is 0 Å². The van der Waals surface area contributed by atoms with Crippen molar-refractivity contribution in [2.24, 2.45) is 0 Å². The summed E-state index contributed by atoms with van der Waals surface area (Å²) in [7, 11) is 0. The average molecular weight is 420 g/mol. The summed E-state index contributed by atoms with van der Waals surface area (Å²) in [6.07, 6.45) is 1.51. The first-order chi connectivity index (χ1) is 1.91. The molecule has 0 saturated carbocycles. The van der Waals surface area contributed by atoms with Gasteiger partial charge in [0.1, 0.15) is 0 Å². The van der Waals surface area contributed by atoms with E-state index >= 15 is 0 Å². The minimum absolute atomic E-state index is 0. The molecule has 0 nitrogen and oxygen atoms in total. The van der Waals surface area contributed by atoms with Gasteiger partial charge >= 0.3 is 55.2 Å². The summed E-state index contributed by atoms with van der Waals surface area (Å²) >= 11 is 1.72. The van der Waals surface area contributed by atoms with E-state index in [4.69, 9.17) is 6.58 Å². The molecule has 0 aromatic carbocycles. The predicted molar refractivity (Wildman–Crippen MR) is 14.9 cm³/mol. The van der Waals surface area contributed by atoms with Crippen LogP contribution in [0.25, 0.3) is 0 Å². The second kappa shape index (κ2) is 8.86. The van der Waals surface area contributed by atoms with Gasteiger partial charge in [0.25, 0.3) is 0 Å². The van der Waals surface area contributed by atoms with Crippen LogP contribution in [0.1, 0.15) is 0 Å². The molecule has 31 valence electrons. The molecule has 0 N–H and O–H groups in total. The Morgan fingerprint density at radius 2 is 1.80 bits per heavy atom. The Morgan fingerprint density at radius 3 is 1.80 bits per heavy atom. The van der Waals surface area contributed by atoms with Crippen molar-refractivity contribution in [1.82, 2.24) is 0 Å². The van der Waals surface area contributed by atoms with Crippen LogP contribution in [-0.4, -0.2) is 4.57 Å². The normalized spacial score (nSPS) is 4.20. The second-order valence-electron chi connectivity index (χ2n) is 0.310. The van der Waals surface area contributed by atoms with Crippen LogP contribution in [0.3, 0.4) is 0 Å². The molecule has 0 spiro atoms. The van der Waals surface area contributed by atoms with Crippen LogP contribution in [0.2, 0.25) is 0 Å². The van der Waals surface area contributed by atoms with Crippen molar-refractivity contribution in [2.75, 3.05) is 0 Å². The SMILES string of the molecule is [CH-]=C[CH]=[Os].[Os+]. The largest absolute Gasteiger partial charge is 1.00 e. The fourth-order valence-electron chi connectivity index (χ4n) is 0. The third-order valence-corrected chi connectivity index (χ3v) is 0.557. The van der Waals surface area contributed by atoms with E-state index in [-0.39, 0.29) is 19.8 Å². The molecule has 0 saturated heterocycles. The van der Waals surface area contributed by atoms with Gasteiger partial charge in [-0.3, -0.25) is 0 Å². The second-order valence-corrected chi connectivity index (χ2v) is 1.16. The Kier molecular flexibility index (Phi) is 16.5. The maximum absolute atomic E-state index is 4.85. The predicted octanol–water partition coefficient (Wildman–Crippen LogP) is 0.322. The third-order valence-electron chi connectivity index (χ3n) is 0.0680. The van der Waals surface area contributed by atoms with Crippen molar-refractivity contribution in [3.8, 4) is 0 Å². The molecule has 0 bridgehead atoms. The van der Waals surface area contributed by atoms with Crippen molar-refractivity contribution in [3.63, 3.8) is 0 Å². The Labute approximate surface area is 55.1 Å². The molecule has 2 heteroatoms. The number of rotatable bonds is 1. The van der Waals surface area contributed by atoms with Gasteiger partial charge in [0, 0.05) is 0 Å². The zero-order chi connectivity index (χ0) is 3.41. The summed E-state index contributed by atoms with van der Waals surface area (Å²) in [6.45, 7) is 4.85. The Morgan fingerprint density at radius 1 is 1.60 bits per heavy atom. The fraction of sp³-hybridized carbons (Fsp3) is 0. The molecule has 0 atom stereocenters. The van der Waals surface area contributed by atoms with Crippen molar-refractivity contribution in [1.29, 1.82) is 0 Å². The molecule has 0 heterocycles. The molecule has 0 rings (SSSR count). The first-order valence-corrected chi connectivity index (χ1v) is 2.34. The molecule has 0 aliphatic carbocycles. The fourth-order valence-corrected chi connectivity index (χ4v) is 0. The van der Waals surface area contributed by atoms with Crippen LogP contribution in [0.5, 0.6) is 0 Å². The van der Waals surface area contributed by atoms with Gasteiger partial charge in [-0.1, -0.05) is 0 Å². The summed E-state index contributed by atoms with van der Waals surface area (Å²) in [4.78, 5) is 0. The minimum atomic E-state index is 0. The first-order valence-electron chi connectivity index (χ1n) is 0.871. The number of hydrogen-bond acceptors (Lipinski definition) is 0. The van der Waals surface area contributed by atoms with Crippen LogP contribution in [-0.2, 0) is 37.9 Å². The van der Waals surface area contributed by atoms with Gasteiger partial charge in [-0.15, -0.1) is 0 Å². The molecule has 0 aromatic heterocycles. The summed E-state index contributed by atoms with van der Waals surface area (Å²) in [5.41, 5.74) is 0. The molecule has 0 fully saturated rings. The van der Waals surface area contributed by atoms with Gasteiger partial charge in [-0.2, -0.15) is 0 Å². The number of allylic oxidation sites excluding steroid dienone is 1. The zero-order valence-electron chi connectivity index (χ0n) is 2.44. The Balaban J connectivity index is 0. The molecule has 5 heavy (non-hydrogen) atoms. The third kappa shape index (κ3) is 11.4. The quantitative estimate of drug-likeness (QED) is 0.538. The van der Waals surface area contributed by atoms with Gasteiger partial charge < -0.3 is 0 Å². The molecular formula is C3H3Os2. The molecule has 0 aromatic rings. The molecule has 1 radical (unpaired) electrons. The standard InChI is InChI=1S/C3H3.2Os/c1-3-2;;/h1-3H;;/q-1;;+1. The Bertz CT molecular complexity index is 25.9. The van der Waals surface area contributed by atoms with Crippen molar-refractivity contribution < 1.29 is 37.9 Å². The number of hydrogen-bond donors (Lipinski definition) is 0. The van der Waals surface area contributed by atoms with Crippen LogP contribution in [0, 0.1) is 6.58 Å². The minimum Gasteiger partial charge on any atom is 1.00 e. The maximum atomic E-state index is 4.85. The van der Waals surface area contributed by atoms with E-state index in [1.807, 2.05) is 0 Å². The Hall–Kier alpha value is 0.883. The van der Waals surface area contributed by atoms with E-state index < -0.39 is 0 Å². The van der Waals surface area contributed by atoms with Gasteiger partial charge in [0.05, 0.1) is 0 Å². The smallest absolute Gasteiger partial charge is 1.00 e. The monoisotopic (exact) mass is 423 g/mol. The average Bonchev–Trinajstić information content (AvgIpc) is 1.37. The molecule has 0 unspecified atom stereocenters. The van der Waals surface area contributed by atoms with Gasteiger partial charge in [-0.25, -0.2) is 0 Å². The van der Waals surface area contributed by atoms with Crippen molar-refractivity contribution in [2.45, 2.75) is 0 Å². The van der Waals surface area contributed by atoms with Gasteiger partial charge in [0.15, 0.2) is 0 Å². The van der Waals surface area contributed by atoms with E-state index in [1.54, 1.807) is 22.7 Å². The maximum Gasteiger partial charge on any atom is 1.00 e. The summed E-state index contributed by atoms with van der Waals surface area (Å²) in [6, 6.07) is 0. The van der Waals surface area contributed by atoms with Gasteiger partial charge in [0.2, 0.25) is 0 Å². The van der Waals surface area contributed by atoms with E-state index in [0.717, 1.165) is 0 Å². The molecule has 0 aliphatic heterocycles. The van der Waals surface area contributed by atoms with Crippen LogP contribution in [0.15, 0.2) is 6.08 Å². The topological polar surface area (TPSA) is 0 Å². The van der Waals surface area contributed by atoms with Gasteiger partial charge in [-0.05, 0) is 0 Å². The molecule has 0 amide bonds. The summed E-state index contributed by atoms with van der Waals surface area (Å²) in [5, 5.41) is 0. The summed E-state index contributed by atoms with van der Waals surface area (Å²) < 4.78 is 1.81. The van der Waals surface area contributed by atoms with Crippen LogP contribution in [0.4, 0.5) is 0 Å². The van der Waals surface area contributed by atoms with E-state index in [0.29, 0.717) is 0 Å².